The summed E-state index contributed by atoms with van der Waals surface area (Å²) in [7, 11) is 1.93. The number of hydrogen-bond donors (Lipinski definition) is 1. The molecule has 5 nitrogen and oxygen atoms in total. The van der Waals surface area contributed by atoms with Crippen molar-refractivity contribution >= 4 is 5.91 Å². The fourth-order valence-electron chi connectivity index (χ4n) is 2.04. The molecular formula is C12H19N3O2. The minimum atomic E-state index is 0.0981. The molecule has 5 heteroatoms. The molecule has 1 amide bonds. The molecule has 1 aliphatic rings. The van der Waals surface area contributed by atoms with Crippen molar-refractivity contribution in [2.45, 2.75) is 32.7 Å². The number of nitrogens with one attached hydrogen (secondary N) is 1. The molecule has 0 radical (unpaired) electrons. The number of ether oxygens (including phenoxy) is 1. The van der Waals surface area contributed by atoms with Gasteiger partial charge in [0.15, 0.2) is 0 Å². The second-order valence-corrected chi connectivity index (χ2v) is 4.57. The van der Waals surface area contributed by atoms with Gasteiger partial charge in [-0.05, 0) is 25.8 Å². The first-order chi connectivity index (χ1) is 8.08. The van der Waals surface area contributed by atoms with Crippen molar-refractivity contribution in [2.24, 2.45) is 7.05 Å². The first-order valence-electron chi connectivity index (χ1n) is 5.94. The first kappa shape index (κ1) is 12.1. The molecule has 0 bridgehead atoms. The Labute approximate surface area is 101 Å². The zero-order valence-corrected chi connectivity index (χ0v) is 10.6. The van der Waals surface area contributed by atoms with Crippen LogP contribution in [-0.4, -0.2) is 34.9 Å². The Hall–Kier alpha value is -1.36. The molecule has 1 aliphatic heterocycles. The molecule has 1 saturated heterocycles. The van der Waals surface area contributed by atoms with Gasteiger partial charge in [-0.3, -0.25) is 9.48 Å². The molecule has 0 spiro atoms. The van der Waals surface area contributed by atoms with Gasteiger partial charge >= 0.3 is 0 Å². The number of rotatable bonds is 4. The molecule has 2 rings (SSSR count). The van der Waals surface area contributed by atoms with Crippen LogP contribution in [0.2, 0.25) is 0 Å². The van der Waals surface area contributed by atoms with Gasteiger partial charge in [-0.25, -0.2) is 0 Å². The summed E-state index contributed by atoms with van der Waals surface area (Å²) in [4.78, 5) is 11.7. The third-order valence-corrected chi connectivity index (χ3v) is 3.26. The maximum Gasteiger partial charge on any atom is 0.220 e. The van der Waals surface area contributed by atoms with E-state index in [1.165, 1.54) is 5.56 Å². The van der Waals surface area contributed by atoms with Gasteiger partial charge in [-0.1, -0.05) is 0 Å². The lowest BCUT2D eigenvalue weighted by molar-refractivity contribution is -0.125. The summed E-state index contributed by atoms with van der Waals surface area (Å²) in [6.45, 7) is 5.32. The summed E-state index contributed by atoms with van der Waals surface area (Å²) >= 11 is 0. The predicted octanol–water partition coefficient (Wildman–Crippen LogP) is 0.485. The third-order valence-electron chi connectivity index (χ3n) is 3.26. The van der Waals surface area contributed by atoms with E-state index in [0.29, 0.717) is 19.6 Å². The van der Waals surface area contributed by atoms with Crippen molar-refractivity contribution in [2.75, 3.05) is 13.2 Å². The molecule has 0 atom stereocenters. The molecular weight excluding hydrogens is 218 g/mol. The largest absolute Gasteiger partial charge is 0.377 e. The Morgan fingerprint density at radius 3 is 2.71 bits per heavy atom. The first-order valence-corrected chi connectivity index (χ1v) is 5.94. The van der Waals surface area contributed by atoms with Crippen LogP contribution in [0.3, 0.4) is 0 Å². The second kappa shape index (κ2) is 4.87. The number of aryl methyl sites for hydroxylation is 2. The summed E-state index contributed by atoms with van der Waals surface area (Å²) in [5, 5.41) is 7.28. The van der Waals surface area contributed by atoms with Crippen LogP contribution in [0, 0.1) is 13.8 Å². The average Bonchev–Trinajstić information content (AvgIpc) is 2.45. The minimum absolute atomic E-state index is 0.0981. The predicted molar refractivity (Wildman–Crippen MR) is 63.8 cm³/mol. The topological polar surface area (TPSA) is 56.2 Å². The van der Waals surface area contributed by atoms with Gasteiger partial charge in [0.05, 0.1) is 24.9 Å². The highest BCUT2D eigenvalue weighted by Gasteiger charge is 2.20. The number of carbonyl (C=O) groups is 1. The van der Waals surface area contributed by atoms with E-state index in [4.69, 9.17) is 4.74 Å². The smallest absolute Gasteiger partial charge is 0.220 e. The van der Waals surface area contributed by atoms with Gasteiger partial charge in [-0.15, -0.1) is 0 Å². The standard InChI is InChI=1S/C12H19N3O2/c1-8-11(9(2)15(3)14-8)4-5-12(16)13-10-6-17-7-10/h10H,4-7H2,1-3H3,(H,13,16). The van der Waals surface area contributed by atoms with Crippen LogP contribution in [0.4, 0.5) is 0 Å². The van der Waals surface area contributed by atoms with Gasteiger partial charge in [0.2, 0.25) is 5.91 Å². The fourth-order valence-corrected chi connectivity index (χ4v) is 2.04. The van der Waals surface area contributed by atoms with Crippen LogP contribution in [0.5, 0.6) is 0 Å². The number of hydrogen-bond acceptors (Lipinski definition) is 3. The summed E-state index contributed by atoms with van der Waals surface area (Å²) in [5.74, 6) is 0.0981. The van der Waals surface area contributed by atoms with Crippen molar-refractivity contribution in [1.29, 1.82) is 0 Å². The van der Waals surface area contributed by atoms with Gasteiger partial charge in [0.25, 0.3) is 0 Å². The fraction of sp³-hybridized carbons (Fsp3) is 0.667. The summed E-state index contributed by atoms with van der Waals surface area (Å²) in [6.07, 6.45) is 1.27. The van der Waals surface area contributed by atoms with Crippen LogP contribution >= 0.6 is 0 Å². The van der Waals surface area contributed by atoms with Crippen LogP contribution in [0.1, 0.15) is 23.4 Å². The number of carbonyl (C=O) groups excluding carboxylic acids is 1. The molecule has 1 aromatic heterocycles. The second-order valence-electron chi connectivity index (χ2n) is 4.57. The Bertz CT molecular complexity index is 422. The lowest BCUT2D eigenvalue weighted by Crippen LogP contribution is -2.48. The molecule has 0 saturated carbocycles. The van der Waals surface area contributed by atoms with Crippen molar-refractivity contribution < 1.29 is 9.53 Å². The van der Waals surface area contributed by atoms with Gasteiger partial charge in [0, 0.05) is 19.2 Å². The van der Waals surface area contributed by atoms with Crippen LogP contribution in [0.15, 0.2) is 0 Å². The highest BCUT2D eigenvalue weighted by Crippen LogP contribution is 2.14. The summed E-state index contributed by atoms with van der Waals surface area (Å²) in [5.41, 5.74) is 3.35. The summed E-state index contributed by atoms with van der Waals surface area (Å²) < 4.78 is 6.88. The zero-order chi connectivity index (χ0) is 12.4. The molecule has 0 aromatic carbocycles. The van der Waals surface area contributed by atoms with E-state index in [1.807, 2.05) is 25.6 Å². The van der Waals surface area contributed by atoms with Crippen molar-refractivity contribution in [3.8, 4) is 0 Å². The highest BCUT2D eigenvalue weighted by atomic mass is 16.5. The van der Waals surface area contributed by atoms with E-state index in [1.54, 1.807) is 0 Å². The Morgan fingerprint density at radius 2 is 2.24 bits per heavy atom. The normalized spacial score (nSPS) is 15.7. The molecule has 17 heavy (non-hydrogen) atoms. The average molecular weight is 237 g/mol. The van der Waals surface area contributed by atoms with Crippen molar-refractivity contribution in [1.82, 2.24) is 15.1 Å². The summed E-state index contributed by atoms with van der Waals surface area (Å²) in [6, 6.07) is 0.221. The van der Waals surface area contributed by atoms with Gasteiger partial charge < -0.3 is 10.1 Å². The van der Waals surface area contributed by atoms with Crippen LogP contribution < -0.4 is 5.32 Å². The molecule has 94 valence electrons. The third kappa shape index (κ3) is 2.66. The maximum atomic E-state index is 11.7. The van der Waals surface area contributed by atoms with E-state index >= 15 is 0 Å². The maximum absolute atomic E-state index is 11.7. The van der Waals surface area contributed by atoms with Crippen LogP contribution in [0.25, 0.3) is 0 Å². The molecule has 1 fully saturated rings. The van der Waals surface area contributed by atoms with E-state index in [-0.39, 0.29) is 11.9 Å². The Morgan fingerprint density at radius 1 is 1.53 bits per heavy atom. The molecule has 0 aliphatic carbocycles. The minimum Gasteiger partial charge on any atom is -0.377 e. The van der Waals surface area contributed by atoms with E-state index in [0.717, 1.165) is 17.8 Å². The lowest BCUT2D eigenvalue weighted by atomic mass is 10.1. The van der Waals surface area contributed by atoms with Crippen molar-refractivity contribution in [3.05, 3.63) is 17.0 Å². The SMILES string of the molecule is Cc1nn(C)c(C)c1CCC(=O)NC1COC1. The monoisotopic (exact) mass is 237 g/mol. The Balaban J connectivity index is 1.86. The van der Waals surface area contributed by atoms with Crippen molar-refractivity contribution in [3.63, 3.8) is 0 Å². The number of nitrogens with zero attached hydrogens (tertiary/aromatic N) is 2. The highest BCUT2D eigenvalue weighted by molar-refractivity contribution is 5.76. The Kier molecular flexibility index (Phi) is 3.47. The van der Waals surface area contributed by atoms with E-state index in [9.17, 15) is 4.79 Å². The van der Waals surface area contributed by atoms with Crippen LogP contribution in [-0.2, 0) is 23.0 Å². The molecule has 1 aromatic rings. The molecule has 2 heterocycles. The number of aromatic nitrogens is 2. The van der Waals surface area contributed by atoms with E-state index in [2.05, 4.69) is 10.4 Å². The zero-order valence-electron chi connectivity index (χ0n) is 10.6. The number of amides is 1. The van der Waals surface area contributed by atoms with Gasteiger partial charge in [-0.2, -0.15) is 5.10 Å². The molecule has 0 unspecified atom stereocenters. The van der Waals surface area contributed by atoms with E-state index < -0.39 is 0 Å². The van der Waals surface area contributed by atoms with Gasteiger partial charge in [0.1, 0.15) is 0 Å². The lowest BCUT2D eigenvalue weighted by Gasteiger charge is -2.26. The quantitative estimate of drug-likeness (QED) is 0.829. The molecule has 1 N–H and O–H groups in total.